The molecule has 33 heavy (non-hydrogen) atoms. The lowest BCUT2D eigenvalue weighted by molar-refractivity contribution is -0.137. The van der Waals surface area contributed by atoms with Gasteiger partial charge in [-0.2, -0.15) is 13.2 Å². The standard InChI is InChI=1S/C17H17F8N5O2S/c1-16(2,3)15(32)28-27-13(31)4-5-30-9-26-14(29-30)10-6-11(17(18,19)20)8-12(7-10)33(21,22,23,24)25/h4-9H,1-3H3,(H,27,31)(H,28,32)/b5-4-. The molecule has 184 valence electrons. The number of carbonyl (C=O) groups excluding carboxylic acids is 2. The van der Waals surface area contributed by atoms with Crippen molar-refractivity contribution in [1.29, 1.82) is 0 Å². The third-order valence-electron chi connectivity index (χ3n) is 3.81. The van der Waals surface area contributed by atoms with Gasteiger partial charge in [-0.25, -0.2) is 9.67 Å². The van der Waals surface area contributed by atoms with E-state index in [-0.39, 0.29) is 12.1 Å². The molecule has 0 radical (unpaired) electrons. The number of carbonyl (C=O) groups is 2. The van der Waals surface area contributed by atoms with E-state index >= 15 is 0 Å². The quantitative estimate of drug-likeness (QED) is 0.335. The van der Waals surface area contributed by atoms with Gasteiger partial charge in [0.1, 0.15) is 11.2 Å². The van der Waals surface area contributed by atoms with E-state index in [1.54, 1.807) is 20.8 Å². The second kappa shape index (κ2) is 7.43. The Morgan fingerprint density at radius 2 is 1.61 bits per heavy atom. The molecule has 0 aliphatic carbocycles. The lowest BCUT2D eigenvalue weighted by Crippen LogP contribution is -2.46. The van der Waals surface area contributed by atoms with Crippen molar-refractivity contribution < 1.29 is 42.2 Å². The number of hydrazine groups is 1. The molecule has 0 aliphatic rings. The van der Waals surface area contributed by atoms with E-state index < -0.39 is 61.5 Å². The van der Waals surface area contributed by atoms with Gasteiger partial charge in [-0.3, -0.25) is 20.4 Å². The number of nitrogens with zero attached hydrogens (tertiary/aromatic N) is 3. The maximum atomic E-state index is 13.1. The molecule has 2 aromatic rings. The van der Waals surface area contributed by atoms with Crippen molar-refractivity contribution in [2.45, 2.75) is 31.8 Å². The summed E-state index contributed by atoms with van der Waals surface area (Å²) in [5.74, 6) is -2.11. The monoisotopic (exact) mass is 507 g/mol. The molecule has 16 heteroatoms. The molecule has 2 N–H and O–H groups in total. The van der Waals surface area contributed by atoms with Crippen LogP contribution in [-0.2, 0) is 15.8 Å². The Hall–Kier alpha value is -3.17. The molecule has 2 rings (SSSR count). The largest absolute Gasteiger partial charge is 0.416 e. The highest BCUT2D eigenvalue weighted by molar-refractivity contribution is 8.45. The van der Waals surface area contributed by atoms with Crippen LogP contribution in [0.5, 0.6) is 0 Å². The zero-order chi connectivity index (χ0) is 25.5. The van der Waals surface area contributed by atoms with Gasteiger partial charge in [-0.15, -0.1) is 5.10 Å². The first-order valence-corrected chi connectivity index (χ1v) is 10.7. The van der Waals surface area contributed by atoms with Crippen LogP contribution in [0, 0.1) is 5.41 Å². The van der Waals surface area contributed by atoms with Crippen LogP contribution in [0.4, 0.5) is 32.6 Å². The summed E-state index contributed by atoms with van der Waals surface area (Å²) in [5, 5.41) is 3.56. The smallest absolute Gasteiger partial charge is 0.273 e. The molecule has 0 spiro atoms. The first-order valence-electron chi connectivity index (χ1n) is 8.73. The van der Waals surface area contributed by atoms with Gasteiger partial charge in [-0.1, -0.05) is 40.2 Å². The molecule has 0 fully saturated rings. The van der Waals surface area contributed by atoms with Gasteiger partial charge >= 0.3 is 16.4 Å². The molecule has 1 aromatic heterocycles. The molecule has 0 aliphatic heterocycles. The number of halogens is 8. The third-order valence-corrected chi connectivity index (χ3v) is 4.93. The first-order chi connectivity index (χ1) is 14.6. The van der Waals surface area contributed by atoms with Crippen LogP contribution in [0.1, 0.15) is 26.3 Å². The second-order valence-electron chi connectivity index (χ2n) is 7.77. The molecule has 0 unspecified atom stereocenters. The highest BCUT2D eigenvalue weighted by Crippen LogP contribution is 3.02. The molecular weight excluding hydrogens is 490 g/mol. The van der Waals surface area contributed by atoms with E-state index in [4.69, 9.17) is 0 Å². The summed E-state index contributed by atoms with van der Waals surface area (Å²) in [6, 6.07) is -0.682. The van der Waals surface area contributed by atoms with Crippen LogP contribution in [0.3, 0.4) is 0 Å². The number of nitrogens with one attached hydrogen (secondary N) is 2. The van der Waals surface area contributed by atoms with Gasteiger partial charge in [0.2, 0.25) is 5.91 Å². The summed E-state index contributed by atoms with van der Waals surface area (Å²) >= 11 is 0. The van der Waals surface area contributed by atoms with Gasteiger partial charge in [0.25, 0.3) is 5.91 Å². The highest BCUT2D eigenvalue weighted by Gasteiger charge is 2.66. The van der Waals surface area contributed by atoms with Gasteiger partial charge in [0.05, 0.1) is 5.56 Å². The van der Waals surface area contributed by atoms with Crippen molar-refractivity contribution in [1.82, 2.24) is 25.6 Å². The average molecular weight is 507 g/mol. The number of hydrogen-bond acceptors (Lipinski definition) is 4. The van der Waals surface area contributed by atoms with Crippen molar-refractivity contribution in [2.24, 2.45) is 5.41 Å². The van der Waals surface area contributed by atoms with Gasteiger partial charge in [-0.05, 0) is 18.2 Å². The molecule has 0 atom stereocenters. The van der Waals surface area contributed by atoms with Crippen LogP contribution < -0.4 is 10.9 Å². The zero-order valence-corrected chi connectivity index (χ0v) is 17.9. The van der Waals surface area contributed by atoms with Gasteiger partial charge in [0.15, 0.2) is 5.82 Å². The minimum Gasteiger partial charge on any atom is -0.273 e. The van der Waals surface area contributed by atoms with E-state index in [0.717, 1.165) is 23.3 Å². The Bertz CT molecular complexity index is 1120. The number of hydrogen-bond donors (Lipinski definition) is 2. The molecule has 1 aromatic carbocycles. The van der Waals surface area contributed by atoms with E-state index in [1.807, 2.05) is 5.43 Å². The number of rotatable bonds is 4. The number of amides is 2. The van der Waals surface area contributed by atoms with Crippen LogP contribution in [0.2, 0.25) is 0 Å². The van der Waals surface area contributed by atoms with Crippen LogP contribution in [-0.4, -0.2) is 26.6 Å². The molecule has 0 bridgehead atoms. The highest BCUT2D eigenvalue weighted by atomic mass is 32.5. The second-order valence-corrected chi connectivity index (χ2v) is 10.2. The average Bonchev–Trinajstić information content (AvgIpc) is 3.09. The van der Waals surface area contributed by atoms with Gasteiger partial charge in [0, 0.05) is 23.3 Å². The van der Waals surface area contributed by atoms with E-state index in [0.29, 0.717) is 0 Å². The Labute approximate surface area is 181 Å². The Kier molecular flexibility index (Phi) is 5.87. The summed E-state index contributed by atoms with van der Waals surface area (Å²) in [6.07, 6.45) is -2.82. The predicted octanol–water partition coefficient (Wildman–Crippen LogP) is 5.29. The number of alkyl halides is 3. The summed E-state index contributed by atoms with van der Waals surface area (Å²) in [6.45, 7) is 4.74. The van der Waals surface area contributed by atoms with Crippen LogP contribution >= 0.6 is 10.2 Å². The fourth-order valence-corrected chi connectivity index (χ4v) is 2.78. The van der Waals surface area contributed by atoms with E-state index in [9.17, 15) is 42.2 Å². The molecule has 1 heterocycles. The minimum atomic E-state index is -10.4. The number of aromatic nitrogens is 3. The molecule has 0 saturated carbocycles. The number of benzene rings is 1. The molecule has 0 saturated heterocycles. The van der Waals surface area contributed by atoms with E-state index in [2.05, 4.69) is 15.5 Å². The summed E-state index contributed by atoms with van der Waals surface area (Å²) in [4.78, 5) is 24.1. The molecular formula is C17H17F8N5O2S. The summed E-state index contributed by atoms with van der Waals surface area (Å²) < 4.78 is 105. The lowest BCUT2D eigenvalue weighted by atomic mass is 9.96. The molecule has 7 nitrogen and oxygen atoms in total. The third kappa shape index (κ3) is 7.16. The summed E-state index contributed by atoms with van der Waals surface area (Å²) in [5.41, 5.74) is 0.412. The fraction of sp³-hybridized carbons (Fsp3) is 0.294. The van der Waals surface area contributed by atoms with Crippen molar-refractivity contribution in [2.75, 3.05) is 0 Å². The SMILES string of the molecule is CC(C)(C)C(=O)NNC(=O)/C=C\n1cnc(-c2cc(C(F)(F)F)cc(S(F)(F)(F)(F)F)c2)n1. The maximum Gasteiger partial charge on any atom is 0.416 e. The Morgan fingerprint density at radius 3 is 2.12 bits per heavy atom. The fourth-order valence-electron chi connectivity index (χ4n) is 2.09. The van der Waals surface area contributed by atoms with E-state index in [1.165, 1.54) is 0 Å². The normalized spacial score (nSPS) is 15.1. The molecule has 2 amide bonds. The Balaban J connectivity index is 2.32. The van der Waals surface area contributed by atoms with Crippen molar-refractivity contribution in [3.8, 4) is 11.4 Å². The van der Waals surface area contributed by atoms with Crippen molar-refractivity contribution in [3.63, 3.8) is 0 Å². The van der Waals surface area contributed by atoms with Crippen LogP contribution in [0.15, 0.2) is 35.5 Å². The topological polar surface area (TPSA) is 88.9 Å². The first kappa shape index (κ1) is 26.1. The van der Waals surface area contributed by atoms with Gasteiger partial charge < -0.3 is 0 Å². The minimum absolute atomic E-state index is 0.186. The summed E-state index contributed by atoms with van der Waals surface area (Å²) in [7, 11) is -10.4. The zero-order valence-electron chi connectivity index (χ0n) is 17.1. The van der Waals surface area contributed by atoms with Crippen molar-refractivity contribution >= 4 is 28.2 Å². The maximum absolute atomic E-state index is 13.1. The predicted molar refractivity (Wildman–Crippen MR) is 103 cm³/mol. The van der Waals surface area contributed by atoms with Crippen LogP contribution in [0.25, 0.3) is 17.6 Å². The van der Waals surface area contributed by atoms with Crippen molar-refractivity contribution in [3.05, 3.63) is 36.2 Å². The Morgan fingerprint density at radius 1 is 1.00 bits per heavy atom. The lowest BCUT2D eigenvalue weighted by Gasteiger charge is -2.40.